The molecule has 6 rings (SSSR count). The minimum Gasteiger partial charge on any atom is -0.440 e. The van der Waals surface area contributed by atoms with E-state index in [0.717, 1.165) is 40.3 Å². The zero-order chi connectivity index (χ0) is 22.4. The lowest BCUT2D eigenvalue weighted by molar-refractivity contribution is -0.117. The fourth-order valence-corrected chi connectivity index (χ4v) is 5.54. The lowest BCUT2D eigenvalue weighted by Gasteiger charge is -2.27. The summed E-state index contributed by atoms with van der Waals surface area (Å²) >= 11 is 1.69. The Labute approximate surface area is 195 Å². The fraction of sp³-hybridized carbons (Fsp3) is 0.308. The van der Waals surface area contributed by atoms with Gasteiger partial charge in [-0.05, 0) is 48.6 Å². The van der Waals surface area contributed by atoms with Crippen LogP contribution in [-0.2, 0) is 16.0 Å². The molecule has 2 aromatic carbocycles. The Bertz CT molecular complexity index is 1290. The Balaban J connectivity index is 1.32. The topological polar surface area (TPSA) is 71.8 Å². The van der Waals surface area contributed by atoms with E-state index in [-0.39, 0.29) is 17.3 Å². The highest BCUT2D eigenvalue weighted by atomic mass is 32.2. The van der Waals surface area contributed by atoms with Gasteiger partial charge in [0.05, 0.1) is 13.2 Å². The zero-order valence-corrected chi connectivity index (χ0v) is 19.0. The molecule has 6 nitrogen and oxygen atoms in total. The maximum absolute atomic E-state index is 12.5. The normalized spacial score (nSPS) is 17.3. The molecule has 0 atom stereocenters. The molecule has 168 valence electrons. The smallest absolute Gasteiger partial charge is 0.227 e. The molecular weight excluding hydrogens is 436 g/mol. The minimum absolute atomic E-state index is 0.0624. The SMILES string of the molecule is O=C(Nc1ccc2c(c1)Cc1cccc(-c3cc(=O)cc(N4CCOCC4)o3)c1S2)C1CC1. The molecular formula is C26H24N2O4S. The summed E-state index contributed by atoms with van der Waals surface area (Å²) in [4.78, 5) is 29.0. The van der Waals surface area contributed by atoms with Crippen LogP contribution in [0.3, 0.4) is 0 Å². The lowest BCUT2D eigenvalue weighted by atomic mass is 10.00. The van der Waals surface area contributed by atoms with Crippen LogP contribution in [0.5, 0.6) is 0 Å². The number of amides is 1. The van der Waals surface area contributed by atoms with Crippen molar-refractivity contribution in [2.24, 2.45) is 5.92 Å². The second-order valence-electron chi connectivity index (χ2n) is 8.75. The molecule has 33 heavy (non-hydrogen) atoms. The quantitative estimate of drug-likeness (QED) is 0.482. The first kappa shape index (κ1) is 20.6. The van der Waals surface area contributed by atoms with Gasteiger partial charge in [0.2, 0.25) is 5.91 Å². The average molecular weight is 461 g/mol. The maximum atomic E-state index is 12.5. The molecule has 3 heterocycles. The Hall–Kier alpha value is -3.03. The van der Waals surface area contributed by atoms with E-state index in [1.807, 2.05) is 18.2 Å². The number of fused-ring (bicyclic) bond motifs is 2. The lowest BCUT2D eigenvalue weighted by Crippen LogP contribution is -2.36. The molecule has 1 aromatic heterocycles. The number of nitrogens with one attached hydrogen (secondary N) is 1. The van der Waals surface area contributed by atoms with Crippen molar-refractivity contribution in [2.75, 3.05) is 36.5 Å². The number of rotatable bonds is 4. The summed E-state index contributed by atoms with van der Waals surface area (Å²) in [7, 11) is 0. The molecule has 3 aromatic rings. The van der Waals surface area contributed by atoms with Gasteiger partial charge in [-0.1, -0.05) is 30.0 Å². The summed E-state index contributed by atoms with van der Waals surface area (Å²) in [6.07, 6.45) is 2.75. The second kappa shape index (κ2) is 8.39. The van der Waals surface area contributed by atoms with Crippen LogP contribution in [0.1, 0.15) is 24.0 Å². The summed E-state index contributed by atoms with van der Waals surface area (Å²) in [6, 6.07) is 15.4. The number of carbonyl (C=O) groups excluding carboxylic acids is 1. The highest BCUT2D eigenvalue weighted by Gasteiger charge is 2.30. The molecule has 7 heteroatoms. The van der Waals surface area contributed by atoms with E-state index in [0.29, 0.717) is 37.9 Å². The highest BCUT2D eigenvalue weighted by molar-refractivity contribution is 7.99. The van der Waals surface area contributed by atoms with Crippen molar-refractivity contribution in [3.63, 3.8) is 0 Å². The Morgan fingerprint density at radius 1 is 1.03 bits per heavy atom. The highest BCUT2D eigenvalue weighted by Crippen LogP contribution is 2.45. The van der Waals surface area contributed by atoms with Crippen molar-refractivity contribution >= 4 is 29.2 Å². The van der Waals surface area contributed by atoms with Gasteiger partial charge in [-0.15, -0.1) is 0 Å². The second-order valence-corrected chi connectivity index (χ2v) is 9.81. The third kappa shape index (κ3) is 4.18. The first-order valence-corrected chi connectivity index (χ1v) is 12.2. The van der Waals surface area contributed by atoms with Crippen LogP contribution >= 0.6 is 11.8 Å². The van der Waals surface area contributed by atoms with Crippen LogP contribution in [-0.4, -0.2) is 32.2 Å². The first-order valence-electron chi connectivity index (χ1n) is 11.4. The number of hydrogen-bond donors (Lipinski definition) is 1. The van der Waals surface area contributed by atoms with Gasteiger partial charge in [0.15, 0.2) is 11.3 Å². The van der Waals surface area contributed by atoms with Gasteiger partial charge in [-0.3, -0.25) is 9.59 Å². The number of nitrogens with zero attached hydrogens (tertiary/aromatic N) is 1. The molecule has 0 spiro atoms. The van der Waals surface area contributed by atoms with E-state index in [1.165, 1.54) is 11.1 Å². The van der Waals surface area contributed by atoms with Gasteiger partial charge < -0.3 is 19.4 Å². The van der Waals surface area contributed by atoms with Crippen LogP contribution in [0.4, 0.5) is 11.6 Å². The molecule has 1 amide bonds. The van der Waals surface area contributed by atoms with Crippen LogP contribution in [0, 0.1) is 5.92 Å². The van der Waals surface area contributed by atoms with Gasteiger partial charge in [-0.2, -0.15) is 0 Å². The minimum atomic E-state index is -0.0624. The van der Waals surface area contributed by atoms with E-state index >= 15 is 0 Å². The number of hydrogen-bond acceptors (Lipinski definition) is 6. The van der Waals surface area contributed by atoms with E-state index in [2.05, 4.69) is 28.4 Å². The number of ether oxygens (including phenoxy) is 1. The van der Waals surface area contributed by atoms with Crippen LogP contribution in [0.2, 0.25) is 0 Å². The van der Waals surface area contributed by atoms with Crippen LogP contribution in [0.15, 0.2) is 67.5 Å². The Morgan fingerprint density at radius 2 is 1.88 bits per heavy atom. The van der Waals surface area contributed by atoms with Crippen molar-refractivity contribution in [2.45, 2.75) is 29.1 Å². The van der Waals surface area contributed by atoms with Crippen molar-refractivity contribution in [1.29, 1.82) is 0 Å². The monoisotopic (exact) mass is 460 g/mol. The number of carbonyl (C=O) groups is 1. The average Bonchev–Trinajstić information content (AvgIpc) is 3.68. The molecule has 0 radical (unpaired) electrons. The molecule has 0 unspecified atom stereocenters. The molecule has 0 bridgehead atoms. The Kier molecular flexibility index (Phi) is 5.23. The third-order valence-corrected chi connectivity index (χ3v) is 7.61. The number of anilines is 2. The van der Waals surface area contributed by atoms with Gasteiger partial charge >= 0.3 is 0 Å². The summed E-state index contributed by atoms with van der Waals surface area (Å²) in [6.45, 7) is 2.68. The van der Waals surface area contributed by atoms with Crippen LogP contribution in [0.25, 0.3) is 11.3 Å². The summed E-state index contributed by atoms with van der Waals surface area (Å²) in [5.41, 5.74) is 4.11. The summed E-state index contributed by atoms with van der Waals surface area (Å²) < 4.78 is 11.7. The van der Waals surface area contributed by atoms with Gasteiger partial charge in [0, 0.05) is 52.2 Å². The zero-order valence-electron chi connectivity index (χ0n) is 18.1. The van der Waals surface area contributed by atoms with Crippen molar-refractivity contribution in [3.8, 4) is 11.3 Å². The Morgan fingerprint density at radius 3 is 2.70 bits per heavy atom. The molecule has 2 aliphatic heterocycles. The van der Waals surface area contributed by atoms with E-state index in [4.69, 9.17) is 9.15 Å². The molecule has 1 N–H and O–H groups in total. The van der Waals surface area contributed by atoms with Crippen molar-refractivity contribution in [3.05, 3.63) is 69.9 Å². The van der Waals surface area contributed by atoms with Crippen molar-refractivity contribution in [1.82, 2.24) is 0 Å². The van der Waals surface area contributed by atoms with E-state index in [9.17, 15) is 9.59 Å². The third-order valence-electron chi connectivity index (χ3n) is 6.31. The van der Waals surface area contributed by atoms with Crippen LogP contribution < -0.4 is 15.6 Å². The number of morpholine rings is 1. The van der Waals surface area contributed by atoms with E-state index in [1.54, 1.807) is 23.9 Å². The molecule has 2 fully saturated rings. The molecule has 1 saturated carbocycles. The summed E-state index contributed by atoms with van der Waals surface area (Å²) in [5, 5.41) is 3.05. The van der Waals surface area contributed by atoms with Gasteiger partial charge in [-0.25, -0.2) is 0 Å². The molecule has 1 saturated heterocycles. The first-order chi connectivity index (χ1) is 16.1. The molecule has 3 aliphatic rings. The molecule has 1 aliphatic carbocycles. The largest absolute Gasteiger partial charge is 0.440 e. The summed E-state index contributed by atoms with van der Waals surface area (Å²) in [5.74, 6) is 1.48. The number of benzene rings is 2. The van der Waals surface area contributed by atoms with E-state index < -0.39 is 0 Å². The maximum Gasteiger partial charge on any atom is 0.227 e. The van der Waals surface area contributed by atoms with Gasteiger partial charge in [0.1, 0.15) is 5.76 Å². The standard InChI is InChI=1S/C26H24N2O4S/c29-20-14-22(32-24(15-20)28-8-10-31-11-9-28)21-3-1-2-17-12-18-13-19(27-26(30)16-4-5-16)6-7-23(18)33-25(17)21/h1-3,6-7,13-16H,4-5,8-12H2,(H,27,30). The van der Waals surface area contributed by atoms with Gasteiger partial charge in [0.25, 0.3) is 0 Å². The predicted molar refractivity (Wildman–Crippen MR) is 128 cm³/mol. The fourth-order valence-electron chi connectivity index (χ4n) is 4.37. The predicted octanol–water partition coefficient (Wildman–Crippen LogP) is 4.55. The van der Waals surface area contributed by atoms with Crippen molar-refractivity contribution < 1.29 is 13.9 Å².